The van der Waals surface area contributed by atoms with Gasteiger partial charge >= 0.3 is 4.32 Å². The highest BCUT2D eigenvalue weighted by Gasteiger charge is 2.50. The van der Waals surface area contributed by atoms with Crippen LogP contribution in [0.2, 0.25) is 0 Å². The number of nitriles is 1. The number of nitrogens with two attached hydrogens (primary N) is 1. The lowest BCUT2D eigenvalue weighted by Crippen LogP contribution is -2.30. The van der Waals surface area contributed by atoms with Crippen molar-refractivity contribution in [3.8, 4) is 6.07 Å². The molecule has 1 aliphatic rings. The summed E-state index contributed by atoms with van der Waals surface area (Å²) in [7, 11) is 0. The molecule has 1 fully saturated rings. The van der Waals surface area contributed by atoms with Gasteiger partial charge in [-0.2, -0.15) is 5.26 Å². The van der Waals surface area contributed by atoms with Crippen LogP contribution in [0, 0.1) is 11.3 Å². The third-order valence-electron chi connectivity index (χ3n) is 2.48. The van der Waals surface area contributed by atoms with E-state index in [0.29, 0.717) is 10.9 Å². The Bertz CT molecular complexity index is 351. The van der Waals surface area contributed by atoms with Crippen LogP contribution in [0.15, 0.2) is 12.0 Å². The monoisotopic (exact) mass is 272 g/mol. The second-order valence-corrected chi connectivity index (χ2v) is 5.90. The highest BCUT2D eigenvalue weighted by Crippen LogP contribution is 2.28. The van der Waals surface area contributed by atoms with Crippen LogP contribution in [0.1, 0.15) is 26.7 Å². The standard InChI is InChI=1S/C11H18N3OS2/c1-3-5-6-14-9(8-15-4-2)10(7-12)17(13)11(14)16/h8,10H,3-6,13H2,1-2H3/q+1. The zero-order valence-corrected chi connectivity index (χ0v) is 11.8. The number of nitrogens with zero attached hydrogens (tertiary/aromatic N) is 2. The summed E-state index contributed by atoms with van der Waals surface area (Å²) in [5.41, 5.74) is 0.818. The largest absolute Gasteiger partial charge is 0.499 e. The highest BCUT2D eigenvalue weighted by atomic mass is 32.2. The maximum atomic E-state index is 9.16. The predicted octanol–water partition coefficient (Wildman–Crippen LogP) is 1.65. The minimum atomic E-state index is -0.674. The molecule has 4 nitrogen and oxygen atoms in total. The van der Waals surface area contributed by atoms with E-state index in [2.05, 4.69) is 13.0 Å². The van der Waals surface area contributed by atoms with E-state index < -0.39 is 11.1 Å². The molecular weight excluding hydrogens is 254 g/mol. The van der Waals surface area contributed by atoms with E-state index in [1.54, 1.807) is 6.26 Å². The Morgan fingerprint density at radius 1 is 1.65 bits per heavy atom. The van der Waals surface area contributed by atoms with Gasteiger partial charge in [-0.05, 0) is 25.6 Å². The average molecular weight is 272 g/mol. The molecule has 0 spiro atoms. The molecule has 0 bridgehead atoms. The molecule has 1 saturated heterocycles. The van der Waals surface area contributed by atoms with Gasteiger partial charge < -0.3 is 4.74 Å². The minimum Gasteiger partial charge on any atom is -0.499 e. The molecule has 17 heavy (non-hydrogen) atoms. The lowest BCUT2D eigenvalue weighted by molar-refractivity contribution is 0.258. The molecule has 0 amide bonds. The Morgan fingerprint density at radius 2 is 2.35 bits per heavy atom. The maximum Gasteiger partial charge on any atom is 0.317 e. The predicted molar refractivity (Wildman–Crippen MR) is 74.9 cm³/mol. The summed E-state index contributed by atoms with van der Waals surface area (Å²) in [4.78, 5) is 1.96. The minimum absolute atomic E-state index is 0.356. The van der Waals surface area contributed by atoms with Crippen LogP contribution in [-0.2, 0) is 15.8 Å². The first-order chi connectivity index (χ1) is 8.17. The van der Waals surface area contributed by atoms with Crippen LogP contribution in [0.4, 0.5) is 0 Å². The lowest BCUT2D eigenvalue weighted by Gasteiger charge is -2.14. The summed E-state index contributed by atoms with van der Waals surface area (Å²) in [6.45, 7) is 5.42. The first-order valence-corrected chi connectivity index (χ1v) is 7.43. The smallest absolute Gasteiger partial charge is 0.317 e. The van der Waals surface area contributed by atoms with E-state index in [4.69, 9.17) is 27.4 Å². The van der Waals surface area contributed by atoms with Crippen LogP contribution in [-0.4, -0.2) is 27.6 Å². The molecule has 2 N–H and O–H groups in total. The summed E-state index contributed by atoms with van der Waals surface area (Å²) < 4.78 is 5.97. The van der Waals surface area contributed by atoms with Crippen molar-refractivity contribution in [3.05, 3.63) is 12.0 Å². The zero-order valence-electron chi connectivity index (χ0n) is 10.2. The molecule has 0 aromatic heterocycles. The Labute approximate surface area is 111 Å². The number of thiocarbonyl (C=S) groups is 1. The zero-order chi connectivity index (χ0) is 12.8. The highest BCUT2D eigenvalue weighted by molar-refractivity contribution is 8.20. The van der Waals surface area contributed by atoms with E-state index in [1.807, 2.05) is 11.8 Å². The number of ether oxygens (including phenoxy) is 1. The molecule has 2 atom stereocenters. The molecule has 6 heteroatoms. The quantitative estimate of drug-likeness (QED) is 0.468. The first kappa shape index (κ1) is 14.3. The molecule has 0 radical (unpaired) electrons. The van der Waals surface area contributed by atoms with Gasteiger partial charge in [-0.3, -0.25) is 4.90 Å². The second-order valence-electron chi connectivity index (χ2n) is 3.65. The van der Waals surface area contributed by atoms with E-state index in [-0.39, 0.29) is 5.25 Å². The summed E-state index contributed by atoms with van der Waals surface area (Å²) in [6, 6.07) is 2.22. The Kier molecular flexibility index (Phi) is 5.75. The molecule has 1 rings (SSSR count). The summed E-state index contributed by atoms with van der Waals surface area (Å²) in [5.74, 6) is 0. The van der Waals surface area contributed by atoms with Crippen molar-refractivity contribution in [1.82, 2.24) is 4.90 Å². The lowest BCUT2D eigenvalue weighted by atomic mass is 10.2. The van der Waals surface area contributed by atoms with E-state index in [9.17, 15) is 0 Å². The summed E-state index contributed by atoms with van der Waals surface area (Å²) in [6.07, 6.45) is 3.74. The number of hydrogen-bond acceptors (Lipinski definition) is 4. The number of rotatable bonds is 5. The third-order valence-corrected chi connectivity index (χ3v) is 4.76. The first-order valence-electron chi connectivity index (χ1n) is 5.67. The van der Waals surface area contributed by atoms with Gasteiger partial charge in [-0.15, -0.1) is 5.14 Å². The SMILES string of the molecule is CCCCN1C(=S)[S+](N)C(C#N)C1=COCC. The van der Waals surface area contributed by atoms with Crippen LogP contribution < -0.4 is 5.14 Å². The van der Waals surface area contributed by atoms with Crippen LogP contribution in [0.5, 0.6) is 0 Å². The van der Waals surface area contributed by atoms with Crippen molar-refractivity contribution in [2.75, 3.05) is 13.2 Å². The molecule has 0 aromatic carbocycles. The van der Waals surface area contributed by atoms with Crippen molar-refractivity contribution >= 4 is 27.6 Å². The van der Waals surface area contributed by atoms with Crippen LogP contribution >= 0.6 is 12.2 Å². The average Bonchev–Trinajstić information content (AvgIpc) is 2.56. The fourth-order valence-corrected chi connectivity index (χ4v) is 3.25. The van der Waals surface area contributed by atoms with Crippen molar-refractivity contribution in [2.45, 2.75) is 31.9 Å². The third kappa shape index (κ3) is 3.12. The van der Waals surface area contributed by atoms with Gasteiger partial charge in [-0.25, -0.2) is 0 Å². The van der Waals surface area contributed by atoms with E-state index in [0.717, 1.165) is 25.1 Å². The summed E-state index contributed by atoms with van der Waals surface area (Å²) in [5, 5.41) is 14.8. The van der Waals surface area contributed by atoms with Crippen molar-refractivity contribution in [3.63, 3.8) is 0 Å². The van der Waals surface area contributed by atoms with E-state index in [1.165, 1.54) is 0 Å². The van der Waals surface area contributed by atoms with Gasteiger partial charge in [-0.1, -0.05) is 13.3 Å². The van der Waals surface area contributed by atoms with Gasteiger partial charge in [0.1, 0.15) is 18.0 Å². The second kappa shape index (κ2) is 6.84. The van der Waals surface area contributed by atoms with Crippen molar-refractivity contribution in [2.24, 2.45) is 5.14 Å². The molecule has 2 unspecified atom stereocenters. The molecule has 1 heterocycles. The van der Waals surface area contributed by atoms with Gasteiger partial charge in [0.05, 0.1) is 6.61 Å². The van der Waals surface area contributed by atoms with Crippen LogP contribution in [0.3, 0.4) is 0 Å². The fraction of sp³-hybridized carbons (Fsp3) is 0.636. The number of unbranched alkanes of at least 4 members (excludes halogenated alkanes) is 1. The fourth-order valence-electron chi connectivity index (χ4n) is 1.56. The maximum absolute atomic E-state index is 9.16. The molecular formula is C11H18N3OS2+. The van der Waals surface area contributed by atoms with Gasteiger partial charge in [0.25, 0.3) is 5.25 Å². The van der Waals surface area contributed by atoms with Gasteiger partial charge in [0.15, 0.2) is 11.1 Å². The topological polar surface area (TPSA) is 62.3 Å². The molecule has 0 saturated carbocycles. The van der Waals surface area contributed by atoms with Crippen molar-refractivity contribution in [1.29, 1.82) is 5.26 Å². The molecule has 0 aromatic rings. The number of hydrogen-bond donors (Lipinski definition) is 1. The van der Waals surface area contributed by atoms with Crippen molar-refractivity contribution < 1.29 is 4.74 Å². The molecule has 0 aliphatic carbocycles. The van der Waals surface area contributed by atoms with Gasteiger partial charge in [0.2, 0.25) is 0 Å². The Morgan fingerprint density at radius 3 is 2.88 bits per heavy atom. The molecule has 94 valence electrons. The van der Waals surface area contributed by atoms with E-state index >= 15 is 0 Å². The normalized spacial score (nSPS) is 26.4. The molecule has 1 aliphatic heterocycles. The summed E-state index contributed by atoms with van der Waals surface area (Å²) >= 11 is 4.64. The van der Waals surface area contributed by atoms with Gasteiger partial charge in [0, 0.05) is 6.54 Å². The Hall–Kier alpha value is -0.770. The van der Waals surface area contributed by atoms with Crippen LogP contribution in [0.25, 0.3) is 0 Å². The Balaban J connectivity index is 2.91.